The number of carbonyl (C=O) groups is 1. The number of carbonyl (C=O) groups excluding carboxylic acids is 1. The summed E-state index contributed by atoms with van der Waals surface area (Å²) in [5, 5.41) is 8.99. The lowest BCUT2D eigenvalue weighted by Gasteiger charge is -2.34. The van der Waals surface area contributed by atoms with Gasteiger partial charge in [0.2, 0.25) is 5.75 Å². The minimum Gasteiger partial charge on any atom is -0.504 e. The van der Waals surface area contributed by atoms with Crippen LogP contribution in [0.15, 0.2) is 72.3 Å². The molecule has 7 nitrogen and oxygen atoms in total. The maximum Gasteiger partial charge on any atom is 0.256 e. The summed E-state index contributed by atoms with van der Waals surface area (Å²) in [6, 6.07) is 20.2. The van der Waals surface area contributed by atoms with Crippen molar-refractivity contribution in [2.45, 2.75) is 0 Å². The van der Waals surface area contributed by atoms with E-state index in [0.29, 0.717) is 29.5 Å². The van der Waals surface area contributed by atoms with Gasteiger partial charge in [-0.25, -0.2) is 0 Å². The summed E-state index contributed by atoms with van der Waals surface area (Å²) in [6.07, 6.45) is 1.91. The number of methoxy groups -OCH3 is 4. The second kappa shape index (κ2) is 10.9. The number of nitrogens with zero attached hydrogens (tertiary/aromatic N) is 1. The van der Waals surface area contributed by atoms with Gasteiger partial charge in [0, 0.05) is 17.7 Å². The number of ether oxygens (including phenoxy) is 4. The van der Waals surface area contributed by atoms with Gasteiger partial charge in [0.1, 0.15) is 0 Å². The Morgan fingerprint density at radius 3 is 1.85 bits per heavy atom. The molecule has 0 unspecified atom stereocenters. The predicted molar refractivity (Wildman–Crippen MR) is 128 cm³/mol. The van der Waals surface area contributed by atoms with Crippen molar-refractivity contribution in [2.24, 2.45) is 0 Å². The molecule has 4 rings (SSSR count). The topological polar surface area (TPSA) is 77.5 Å². The first-order chi connectivity index (χ1) is 16.0. The highest BCUT2D eigenvalue weighted by atomic mass is 16.5. The van der Waals surface area contributed by atoms with E-state index in [2.05, 4.69) is 0 Å². The largest absolute Gasteiger partial charge is 0.504 e. The molecule has 1 saturated heterocycles. The molecule has 7 heteroatoms. The van der Waals surface area contributed by atoms with Crippen LogP contribution in [0.5, 0.6) is 28.7 Å². The number of phenolic OH excluding ortho intramolecular Hbond substituents is 1. The molecule has 1 amide bonds. The van der Waals surface area contributed by atoms with E-state index in [0.717, 1.165) is 16.8 Å². The van der Waals surface area contributed by atoms with Crippen molar-refractivity contribution in [1.82, 2.24) is 0 Å². The van der Waals surface area contributed by atoms with Gasteiger partial charge < -0.3 is 29.0 Å². The SMILES string of the molecule is COc1cc(N2C/C(=C/c3ccccc3)C2=O)cc(OC)c1OC.COc1ccccc1O. The number of benzene rings is 3. The number of β-lactam (4-membered cyclic amide) rings is 1. The monoisotopic (exact) mass is 449 g/mol. The molecule has 0 saturated carbocycles. The number of rotatable bonds is 6. The second-order valence-electron chi connectivity index (χ2n) is 7.03. The predicted octanol–water partition coefficient (Wildman–Crippen LogP) is 4.54. The van der Waals surface area contributed by atoms with Gasteiger partial charge in [-0.05, 0) is 23.8 Å². The summed E-state index contributed by atoms with van der Waals surface area (Å²) >= 11 is 0. The summed E-state index contributed by atoms with van der Waals surface area (Å²) in [5.41, 5.74) is 2.51. The Kier molecular flexibility index (Phi) is 7.81. The van der Waals surface area contributed by atoms with Crippen LogP contribution in [-0.4, -0.2) is 46.0 Å². The summed E-state index contributed by atoms with van der Waals surface area (Å²) in [7, 11) is 6.18. The van der Waals surface area contributed by atoms with Crippen molar-refractivity contribution in [1.29, 1.82) is 0 Å². The average molecular weight is 450 g/mol. The third kappa shape index (κ3) is 5.38. The summed E-state index contributed by atoms with van der Waals surface area (Å²) in [5.74, 6) is 2.24. The van der Waals surface area contributed by atoms with E-state index >= 15 is 0 Å². The minimum absolute atomic E-state index is 0.0203. The Balaban J connectivity index is 0.000000286. The molecule has 1 N–H and O–H groups in total. The summed E-state index contributed by atoms with van der Waals surface area (Å²) < 4.78 is 20.8. The maximum absolute atomic E-state index is 12.5. The van der Waals surface area contributed by atoms with Crippen molar-refractivity contribution in [3.05, 3.63) is 77.9 Å². The summed E-state index contributed by atoms with van der Waals surface area (Å²) in [4.78, 5) is 14.1. The number of amides is 1. The van der Waals surface area contributed by atoms with Crippen LogP contribution in [0.2, 0.25) is 0 Å². The molecule has 1 heterocycles. The molecule has 0 aromatic heterocycles. The van der Waals surface area contributed by atoms with Crippen molar-refractivity contribution in [3.63, 3.8) is 0 Å². The molecule has 3 aromatic rings. The molecule has 1 fully saturated rings. The van der Waals surface area contributed by atoms with Crippen molar-refractivity contribution in [2.75, 3.05) is 39.9 Å². The minimum atomic E-state index is -0.0203. The van der Waals surface area contributed by atoms with Gasteiger partial charge in [-0.1, -0.05) is 42.5 Å². The molecule has 0 bridgehead atoms. The maximum atomic E-state index is 12.5. The van der Waals surface area contributed by atoms with Gasteiger partial charge in [0.15, 0.2) is 23.0 Å². The highest BCUT2D eigenvalue weighted by Crippen LogP contribution is 2.42. The van der Waals surface area contributed by atoms with Crippen LogP contribution in [0.3, 0.4) is 0 Å². The number of hydrogen-bond donors (Lipinski definition) is 1. The molecular formula is C26H27NO6. The Hall–Kier alpha value is -4.13. The van der Waals surface area contributed by atoms with Crippen LogP contribution >= 0.6 is 0 Å². The lowest BCUT2D eigenvalue weighted by Crippen LogP contribution is -2.46. The number of para-hydroxylation sites is 2. The fraction of sp³-hybridized carbons (Fsp3) is 0.192. The van der Waals surface area contributed by atoms with Crippen molar-refractivity contribution in [3.8, 4) is 28.7 Å². The quantitative estimate of drug-likeness (QED) is 0.440. The molecule has 33 heavy (non-hydrogen) atoms. The van der Waals surface area contributed by atoms with Crippen LogP contribution < -0.4 is 23.8 Å². The number of aromatic hydroxyl groups is 1. The molecule has 3 aromatic carbocycles. The molecule has 0 atom stereocenters. The highest BCUT2D eigenvalue weighted by Gasteiger charge is 2.33. The zero-order valence-corrected chi connectivity index (χ0v) is 19.1. The zero-order valence-electron chi connectivity index (χ0n) is 19.1. The first kappa shape index (κ1) is 23.5. The zero-order chi connectivity index (χ0) is 23.8. The highest BCUT2D eigenvalue weighted by molar-refractivity contribution is 6.16. The van der Waals surface area contributed by atoms with Gasteiger partial charge in [0.05, 0.1) is 40.7 Å². The van der Waals surface area contributed by atoms with E-state index in [1.807, 2.05) is 36.4 Å². The molecule has 0 aliphatic carbocycles. The smallest absolute Gasteiger partial charge is 0.256 e. The van der Waals surface area contributed by atoms with Gasteiger partial charge in [-0.3, -0.25) is 4.79 Å². The normalized spacial score (nSPS) is 13.5. The third-order valence-electron chi connectivity index (χ3n) is 5.04. The fourth-order valence-corrected chi connectivity index (χ4v) is 3.31. The molecule has 1 aliphatic heterocycles. The average Bonchev–Trinajstić information content (AvgIpc) is 2.86. The fourth-order valence-electron chi connectivity index (χ4n) is 3.31. The van der Waals surface area contributed by atoms with Gasteiger partial charge in [-0.15, -0.1) is 0 Å². The molecule has 0 radical (unpaired) electrons. The van der Waals surface area contributed by atoms with E-state index in [9.17, 15) is 4.79 Å². The standard InChI is InChI=1S/C19H19NO4.C7H8O2/c1-22-16-10-15(11-17(23-2)18(16)24-3)20-12-14(19(20)21)9-13-7-5-4-6-8-13;1-9-7-5-3-2-4-6(7)8/h4-11H,12H2,1-3H3;2-5,8H,1H3/b14-9-;. The van der Waals surface area contributed by atoms with Crippen LogP contribution in [-0.2, 0) is 4.79 Å². The van der Waals surface area contributed by atoms with E-state index < -0.39 is 0 Å². The van der Waals surface area contributed by atoms with E-state index in [1.54, 1.807) is 62.6 Å². The van der Waals surface area contributed by atoms with Gasteiger partial charge in [0.25, 0.3) is 5.91 Å². The Morgan fingerprint density at radius 1 is 0.788 bits per heavy atom. The Bertz CT molecular complexity index is 1100. The van der Waals surface area contributed by atoms with Crippen LogP contribution in [0.1, 0.15) is 5.56 Å². The van der Waals surface area contributed by atoms with Crippen molar-refractivity contribution >= 4 is 17.7 Å². The Labute approximate surface area is 193 Å². The van der Waals surface area contributed by atoms with Crippen LogP contribution in [0.4, 0.5) is 5.69 Å². The number of hydrogen-bond acceptors (Lipinski definition) is 6. The summed E-state index contributed by atoms with van der Waals surface area (Å²) in [6.45, 7) is 0.548. The first-order valence-electron chi connectivity index (χ1n) is 10.2. The first-order valence-corrected chi connectivity index (χ1v) is 10.2. The van der Waals surface area contributed by atoms with E-state index in [4.69, 9.17) is 24.1 Å². The van der Waals surface area contributed by atoms with Gasteiger partial charge in [-0.2, -0.15) is 0 Å². The molecule has 1 aliphatic rings. The number of anilines is 1. The molecule has 172 valence electrons. The molecule has 0 spiro atoms. The van der Waals surface area contributed by atoms with Crippen LogP contribution in [0.25, 0.3) is 6.08 Å². The van der Waals surface area contributed by atoms with Gasteiger partial charge >= 0.3 is 0 Å². The third-order valence-corrected chi connectivity index (χ3v) is 5.04. The lowest BCUT2D eigenvalue weighted by atomic mass is 10.0. The Morgan fingerprint density at radius 2 is 1.36 bits per heavy atom. The molecular weight excluding hydrogens is 422 g/mol. The van der Waals surface area contributed by atoms with Crippen molar-refractivity contribution < 1.29 is 28.8 Å². The lowest BCUT2D eigenvalue weighted by molar-refractivity contribution is -0.117. The number of phenols is 1. The van der Waals surface area contributed by atoms with E-state index in [1.165, 1.54) is 7.11 Å². The second-order valence-corrected chi connectivity index (χ2v) is 7.03. The van der Waals surface area contributed by atoms with Crippen LogP contribution in [0, 0.1) is 0 Å². The van der Waals surface area contributed by atoms with E-state index in [-0.39, 0.29) is 11.7 Å².